The van der Waals surface area contributed by atoms with Gasteiger partial charge >= 0.3 is 91.3 Å². The van der Waals surface area contributed by atoms with E-state index in [4.69, 9.17) is 0 Å². The SMILES string of the molecule is CCCP(CC)(CC)(CCC)CCC. The fourth-order valence-electron chi connectivity index (χ4n) is 3.41. The van der Waals surface area contributed by atoms with Crippen LogP contribution in [0.15, 0.2) is 0 Å². The monoisotopic (exact) mass is 218 g/mol. The molecule has 0 N–H and O–H groups in total. The van der Waals surface area contributed by atoms with Gasteiger partial charge in [0.15, 0.2) is 0 Å². The van der Waals surface area contributed by atoms with Gasteiger partial charge in [0.1, 0.15) is 0 Å². The van der Waals surface area contributed by atoms with Crippen molar-refractivity contribution in [3.63, 3.8) is 0 Å². The summed E-state index contributed by atoms with van der Waals surface area (Å²) in [5.41, 5.74) is 0. The van der Waals surface area contributed by atoms with Crippen LogP contribution in [0.25, 0.3) is 0 Å². The van der Waals surface area contributed by atoms with E-state index < -0.39 is 6.60 Å². The molecule has 0 amide bonds. The van der Waals surface area contributed by atoms with Gasteiger partial charge in [-0.2, -0.15) is 0 Å². The van der Waals surface area contributed by atoms with Crippen molar-refractivity contribution in [2.75, 3.05) is 30.8 Å². The molecule has 0 aromatic rings. The molecular weight excluding hydrogens is 187 g/mol. The Hall–Kier alpha value is 0.430. The summed E-state index contributed by atoms with van der Waals surface area (Å²) in [7, 11) is 0. The van der Waals surface area contributed by atoms with E-state index in [2.05, 4.69) is 34.6 Å². The molecule has 0 rings (SSSR count). The van der Waals surface area contributed by atoms with Gasteiger partial charge in [-0.1, -0.05) is 0 Å². The molecule has 14 heavy (non-hydrogen) atoms. The van der Waals surface area contributed by atoms with Crippen LogP contribution in [0.4, 0.5) is 0 Å². The Labute approximate surface area is 91.8 Å². The van der Waals surface area contributed by atoms with E-state index in [-0.39, 0.29) is 0 Å². The number of hydrogen-bond acceptors (Lipinski definition) is 0. The van der Waals surface area contributed by atoms with Crippen LogP contribution >= 0.6 is 6.60 Å². The summed E-state index contributed by atoms with van der Waals surface area (Å²) in [6.45, 7) is 10.8. The van der Waals surface area contributed by atoms with E-state index in [0.717, 1.165) is 0 Å². The fraction of sp³-hybridized carbons (Fsp3) is 1.00. The maximum atomic E-state index is 2.46. The Morgan fingerprint density at radius 2 is 0.857 bits per heavy atom. The molecule has 88 valence electrons. The van der Waals surface area contributed by atoms with Gasteiger partial charge in [0, 0.05) is 0 Å². The Bertz CT molecular complexity index is 124. The zero-order valence-corrected chi connectivity index (χ0v) is 12.0. The molecule has 0 spiro atoms. The molecule has 0 unspecified atom stereocenters. The van der Waals surface area contributed by atoms with E-state index in [1.165, 1.54) is 31.6 Å². The molecule has 0 atom stereocenters. The van der Waals surface area contributed by atoms with Crippen molar-refractivity contribution in [2.24, 2.45) is 0 Å². The predicted octanol–water partition coefficient (Wildman–Crippen LogP) is 4.81. The van der Waals surface area contributed by atoms with Crippen LogP contribution in [0.2, 0.25) is 0 Å². The first-order valence-corrected chi connectivity index (χ1v) is 9.78. The van der Waals surface area contributed by atoms with Gasteiger partial charge in [-0.25, -0.2) is 0 Å². The summed E-state index contributed by atoms with van der Waals surface area (Å²) in [4.78, 5) is 0. The van der Waals surface area contributed by atoms with Crippen molar-refractivity contribution in [2.45, 2.75) is 53.9 Å². The molecular formula is C13H31P. The van der Waals surface area contributed by atoms with Gasteiger partial charge in [-0.15, -0.1) is 0 Å². The number of hydrogen-bond donors (Lipinski definition) is 0. The van der Waals surface area contributed by atoms with E-state index in [9.17, 15) is 0 Å². The van der Waals surface area contributed by atoms with Crippen LogP contribution in [0.5, 0.6) is 0 Å². The molecule has 0 aromatic carbocycles. The van der Waals surface area contributed by atoms with Gasteiger partial charge in [-0.3, -0.25) is 0 Å². The van der Waals surface area contributed by atoms with Crippen LogP contribution in [0, 0.1) is 0 Å². The van der Waals surface area contributed by atoms with E-state index in [1.807, 2.05) is 0 Å². The Kier molecular flexibility index (Phi) is 6.30. The van der Waals surface area contributed by atoms with Gasteiger partial charge in [0.05, 0.1) is 0 Å². The van der Waals surface area contributed by atoms with Crippen LogP contribution in [0.1, 0.15) is 53.9 Å². The topological polar surface area (TPSA) is 0 Å². The molecule has 0 aliphatic carbocycles. The van der Waals surface area contributed by atoms with E-state index in [1.54, 1.807) is 18.5 Å². The van der Waals surface area contributed by atoms with Crippen molar-refractivity contribution >= 4 is 6.60 Å². The first kappa shape index (κ1) is 14.4. The average molecular weight is 218 g/mol. The second-order valence-electron chi connectivity index (χ2n) is 5.04. The van der Waals surface area contributed by atoms with Crippen LogP contribution < -0.4 is 0 Å². The van der Waals surface area contributed by atoms with Crippen molar-refractivity contribution in [1.82, 2.24) is 0 Å². The second-order valence-corrected chi connectivity index (χ2v) is 12.1. The van der Waals surface area contributed by atoms with Gasteiger partial charge < -0.3 is 0 Å². The molecule has 0 bridgehead atoms. The molecule has 0 radical (unpaired) electrons. The summed E-state index contributed by atoms with van der Waals surface area (Å²) in [5, 5.41) is 0. The maximum absolute atomic E-state index is 2.46. The first-order valence-electron chi connectivity index (χ1n) is 6.62. The Morgan fingerprint density at radius 1 is 0.571 bits per heavy atom. The molecule has 0 nitrogen and oxygen atoms in total. The van der Waals surface area contributed by atoms with Gasteiger partial charge in [0.25, 0.3) is 0 Å². The quantitative estimate of drug-likeness (QED) is 0.513. The standard InChI is InChI=1S/C13H31P/c1-6-11-14(9-4,10-5,12-7-2)13-8-3/h6-13H2,1-5H3. The first-order chi connectivity index (χ1) is 6.62. The third kappa shape index (κ3) is 2.96. The summed E-state index contributed by atoms with van der Waals surface area (Å²) >= 11 is 0. The molecule has 0 aliphatic rings. The molecule has 0 saturated carbocycles. The normalized spacial score (nSPS) is 15.1. The third-order valence-corrected chi connectivity index (χ3v) is 13.1. The van der Waals surface area contributed by atoms with Crippen molar-refractivity contribution in [3.05, 3.63) is 0 Å². The van der Waals surface area contributed by atoms with Crippen molar-refractivity contribution in [3.8, 4) is 0 Å². The Morgan fingerprint density at radius 3 is 1.00 bits per heavy atom. The minimum absolute atomic E-state index is 1.27. The number of rotatable bonds is 8. The molecule has 0 saturated heterocycles. The molecule has 1 heteroatoms. The predicted molar refractivity (Wildman–Crippen MR) is 73.5 cm³/mol. The van der Waals surface area contributed by atoms with Crippen molar-refractivity contribution in [1.29, 1.82) is 0 Å². The van der Waals surface area contributed by atoms with Crippen LogP contribution in [0.3, 0.4) is 0 Å². The minimum atomic E-state index is -1.27. The van der Waals surface area contributed by atoms with E-state index in [0.29, 0.717) is 0 Å². The molecule has 0 fully saturated rings. The Balaban J connectivity index is 4.86. The average Bonchev–Trinajstić information content (AvgIpc) is 2.19. The molecule has 0 aromatic heterocycles. The zero-order chi connectivity index (χ0) is 11.1. The zero-order valence-electron chi connectivity index (χ0n) is 11.1. The summed E-state index contributed by atoms with van der Waals surface area (Å²) in [6, 6.07) is 0. The third-order valence-electron chi connectivity index (χ3n) is 4.36. The van der Waals surface area contributed by atoms with Gasteiger partial charge in [-0.05, 0) is 0 Å². The summed E-state index contributed by atoms with van der Waals surface area (Å²) in [6.07, 6.45) is 11.9. The van der Waals surface area contributed by atoms with Crippen LogP contribution in [-0.4, -0.2) is 30.8 Å². The summed E-state index contributed by atoms with van der Waals surface area (Å²) < 4.78 is 0. The van der Waals surface area contributed by atoms with Crippen molar-refractivity contribution < 1.29 is 0 Å². The van der Waals surface area contributed by atoms with E-state index >= 15 is 0 Å². The molecule has 0 aliphatic heterocycles. The van der Waals surface area contributed by atoms with Gasteiger partial charge in [0.2, 0.25) is 0 Å². The fourth-order valence-corrected chi connectivity index (χ4v) is 10.2. The molecule has 0 heterocycles. The second kappa shape index (κ2) is 6.11. The van der Waals surface area contributed by atoms with Crippen LogP contribution in [-0.2, 0) is 0 Å². The summed E-state index contributed by atoms with van der Waals surface area (Å²) in [5.74, 6) is 0.